The molecular formula is C12H13F3O2. The van der Waals surface area contributed by atoms with Gasteiger partial charge in [0.05, 0.1) is 0 Å². The van der Waals surface area contributed by atoms with Crippen LogP contribution < -0.4 is 0 Å². The van der Waals surface area contributed by atoms with Crippen LogP contribution in [0.2, 0.25) is 0 Å². The molecule has 0 saturated carbocycles. The fourth-order valence-corrected chi connectivity index (χ4v) is 1.62. The molecule has 0 amide bonds. The van der Waals surface area contributed by atoms with Crippen molar-refractivity contribution in [3.8, 4) is 0 Å². The summed E-state index contributed by atoms with van der Waals surface area (Å²) in [5, 5.41) is 8.49. The summed E-state index contributed by atoms with van der Waals surface area (Å²) in [5.74, 6) is -5.47. The normalized spacial score (nSPS) is 13.4. The Morgan fingerprint density at radius 2 is 1.88 bits per heavy atom. The third-order valence-electron chi connectivity index (χ3n) is 2.39. The quantitative estimate of drug-likeness (QED) is 0.864. The number of benzene rings is 1. The van der Waals surface area contributed by atoms with Crippen molar-refractivity contribution in [3.63, 3.8) is 0 Å². The highest BCUT2D eigenvalue weighted by Gasteiger charge is 2.33. The highest BCUT2D eigenvalue weighted by Crippen LogP contribution is 2.35. The average molecular weight is 246 g/mol. The number of carbonyl (C=O) groups is 1. The van der Waals surface area contributed by atoms with Crippen molar-refractivity contribution in [2.24, 2.45) is 5.92 Å². The van der Waals surface area contributed by atoms with Crippen molar-refractivity contribution in [1.82, 2.24) is 0 Å². The van der Waals surface area contributed by atoms with Gasteiger partial charge in [-0.2, -0.15) is 0 Å². The van der Waals surface area contributed by atoms with Gasteiger partial charge in [-0.05, 0) is 18.1 Å². The van der Waals surface area contributed by atoms with E-state index in [-0.39, 0.29) is 12.0 Å². The molecule has 1 aromatic carbocycles. The summed E-state index contributed by atoms with van der Waals surface area (Å²) < 4.78 is 39.9. The van der Waals surface area contributed by atoms with Crippen LogP contribution in [0.4, 0.5) is 13.2 Å². The van der Waals surface area contributed by atoms with Crippen LogP contribution in [0.1, 0.15) is 25.3 Å². The Morgan fingerprint density at radius 3 is 2.35 bits per heavy atom. The molecule has 1 aromatic rings. The fourth-order valence-electron chi connectivity index (χ4n) is 1.62. The maximum Gasteiger partial charge on any atom is 0.303 e. The zero-order valence-electron chi connectivity index (χ0n) is 9.29. The molecule has 0 aliphatic rings. The van der Waals surface area contributed by atoms with E-state index in [1.807, 2.05) is 0 Å². The lowest BCUT2D eigenvalue weighted by atomic mass is 9.95. The lowest BCUT2D eigenvalue weighted by molar-refractivity contribution is -0.138. The summed E-state index contributed by atoms with van der Waals surface area (Å²) in [7, 11) is 0. The van der Waals surface area contributed by atoms with Crippen LogP contribution in [0, 0.1) is 11.7 Å². The van der Waals surface area contributed by atoms with E-state index in [1.54, 1.807) is 0 Å². The Morgan fingerprint density at radius 1 is 1.35 bits per heavy atom. The number of rotatable bonds is 5. The van der Waals surface area contributed by atoms with E-state index in [0.717, 1.165) is 24.3 Å². The molecule has 0 aliphatic carbocycles. The van der Waals surface area contributed by atoms with E-state index in [4.69, 9.17) is 5.11 Å². The number of carboxylic acids is 1. The summed E-state index contributed by atoms with van der Waals surface area (Å²) in [4.78, 5) is 10.4. The average Bonchev–Trinajstić information content (AvgIpc) is 2.15. The molecule has 0 fully saturated rings. The van der Waals surface area contributed by atoms with Crippen LogP contribution in [0.25, 0.3) is 0 Å². The third-order valence-corrected chi connectivity index (χ3v) is 2.39. The second kappa shape index (κ2) is 5.21. The van der Waals surface area contributed by atoms with Crippen LogP contribution in [-0.2, 0) is 10.7 Å². The smallest absolute Gasteiger partial charge is 0.303 e. The Balaban J connectivity index is 2.73. The molecule has 17 heavy (non-hydrogen) atoms. The first-order valence-corrected chi connectivity index (χ1v) is 5.17. The lowest BCUT2D eigenvalue weighted by Crippen LogP contribution is -2.19. The fraction of sp³-hybridized carbons (Fsp3) is 0.417. The minimum atomic E-state index is -3.14. The van der Waals surface area contributed by atoms with Crippen LogP contribution in [0.15, 0.2) is 24.3 Å². The summed E-state index contributed by atoms with van der Waals surface area (Å²) in [5.41, 5.74) is -0.295. The molecule has 0 heterocycles. The topological polar surface area (TPSA) is 37.3 Å². The second-order valence-electron chi connectivity index (χ2n) is 4.12. The molecular weight excluding hydrogens is 233 g/mol. The lowest BCUT2D eigenvalue weighted by Gasteiger charge is -2.20. The van der Waals surface area contributed by atoms with Gasteiger partial charge in [-0.25, -0.2) is 13.2 Å². The van der Waals surface area contributed by atoms with Crippen molar-refractivity contribution in [2.75, 3.05) is 0 Å². The van der Waals surface area contributed by atoms with E-state index in [2.05, 4.69) is 0 Å². The standard InChI is InChI=1S/C12H13F3O2/c1-8(6-11(16)17)7-12(14,15)9-2-4-10(13)5-3-9/h2-5,8H,6-7H2,1H3,(H,16,17). The predicted octanol–water partition coefficient (Wildman–Crippen LogP) is 3.42. The molecule has 1 unspecified atom stereocenters. The van der Waals surface area contributed by atoms with Gasteiger partial charge in [0.1, 0.15) is 5.82 Å². The minimum Gasteiger partial charge on any atom is -0.481 e. The molecule has 1 N–H and O–H groups in total. The van der Waals surface area contributed by atoms with Crippen LogP contribution >= 0.6 is 0 Å². The molecule has 5 heteroatoms. The van der Waals surface area contributed by atoms with Crippen molar-refractivity contribution < 1.29 is 23.1 Å². The van der Waals surface area contributed by atoms with E-state index in [9.17, 15) is 18.0 Å². The van der Waals surface area contributed by atoms with Gasteiger partial charge >= 0.3 is 5.97 Å². The van der Waals surface area contributed by atoms with Crippen molar-refractivity contribution in [2.45, 2.75) is 25.7 Å². The van der Waals surface area contributed by atoms with Gasteiger partial charge in [0.2, 0.25) is 0 Å². The molecule has 0 aliphatic heterocycles. The van der Waals surface area contributed by atoms with Gasteiger partial charge in [-0.15, -0.1) is 0 Å². The van der Waals surface area contributed by atoms with Gasteiger partial charge in [0.15, 0.2) is 0 Å². The minimum absolute atomic E-state index is 0.295. The predicted molar refractivity (Wildman–Crippen MR) is 56.3 cm³/mol. The molecule has 0 bridgehead atoms. The zero-order chi connectivity index (χ0) is 13.1. The Hall–Kier alpha value is -1.52. The molecule has 0 spiro atoms. The first-order valence-electron chi connectivity index (χ1n) is 5.17. The Kier molecular flexibility index (Phi) is 4.15. The van der Waals surface area contributed by atoms with Crippen LogP contribution in [0.5, 0.6) is 0 Å². The third kappa shape index (κ3) is 4.09. The van der Waals surface area contributed by atoms with Crippen LogP contribution in [0.3, 0.4) is 0 Å². The van der Waals surface area contributed by atoms with E-state index in [1.165, 1.54) is 6.92 Å². The van der Waals surface area contributed by atoms with E-state index < -0.39 is 30.0 Å². The van der Waals surface area contributed by atoms with E-state index >= 15 is 0 Å². The highest BCUT2D eigenvalue weighted by atomic mass is 19.3. The maximum absolute atomic E-state index is 13.7. The molecule has 1 rings (SSSR count). The van der Waals surface area contributed by atoms with Gasteiger partial charge in [0.25, 0.3) is 5.92 Å². The van der Waals surface area contributed by atoms with Gasteiger partial charge in [-0.1, -0.05) is 19.1 Å². The molecule has 2 nitrogen and oxygen atoms in total. The number of alkyl halides is 2. The Bertz CT molecular complexity index is 387. The second-order valence-corrected chi connectivity index (χ2v) is 4.12. The van der Waals surface area contributed by atoms with Gasteiger partial charge in [-0.3, -0.25) is 4.79 Å². The molecule has 0 radical (unpaired) electrons. The number of hydrogen-bond donors (Lipinski definition) is 1. The number of aliphatic carboxylic acids is 1. The zero-order valence-corrected chi connectivity index (χ0v) is 9.29. The summed E-state index contributed by atoms with van der Waals surface area (Å²) in [6.45, 7) is 1.45. The SMILES string of the molecule is CC(CC(=O)O)CC(F)(F)c1ccc(F)cc1. The monoisotopic (exact) mass is 246 g/mol. The number of halogens is 3. The summed E-state index contributed by atoms with van der Waals surface area (Å²) in [6.07, 6.45) is -0.873. The van der Waals surface area contributed by atoms with Gasteiger partial charge in [0, 0.05) is 18.4 Å². The largest absolute Gasteiger partial charge is 0.481 e. The van der Waals surface area contributed by atoms with E-state index in [0.29, 0.717) is 0 Å². The number of hydrogen-bond acceptors (Lipinski definition) is 1. The first-order chi connectivity index (χ1) is 7.81. The highest BCUT2D eigenvalue weighted by molar-refractivity contribution is 5.66. The number of carboxylic acid groups (broad SMARTS) is 1. The van der Waals surface area contributed by atoms with Gasteiger partial charge < -0.3 is 5.11 Å². The van der Waals surface area contributed by atoms with Crippen molar-refractivity contribution in [3.05, 3.63) is 35.6 Å². The molecule has 94 valence electrons. The summed E-state index contributed by atoms with van der Waals surface area (Å²) >= 11 is 0. The van der Waals surface area contributed by atoms with Crippen molar-refractivity contribution >= 4 is 5.97 Å². The maximum atomic E-state index is 13.7. The Labute approximate surface area is 97.1 Å². The molecule has 0 saturated heterocycles. The summed E-state index contributed by atoms with van der Waals surface area (Å²) in [6, 6.07) is 3.96. The van der Waals surface area contributed by atoms with Crippen LogP contribution in [-0.4, -0.2) is 11.1 Å². The molecule has 0 aromatic heterocycles. The van der Waals surface area contributed by atoms with Crippen molar-refractivity contribution in [1.29, 1.82) is 0 Å². The molecule has 1 atom stereocenters. The first kappa shape index (κ1) is 13.5.